The van der Waals surface area contributed by atoms with Crippen LogP contribution in [0.2, 0.25) is 0 Å². The normalized spacial score (nSPS) is 11.2. The molecule has 0 saturated carbocycles. The van der Waals surface area contributed by atoms with Crippen molar-refractivity contribution in [3.8, 4) is 0 Å². The van der Waals surface area contributed by atoms with E-state index in [-0.39, 0.29) is 0 Å². The van der Waals surface area contributed by atoms with Crippen LogP contribution in [-0.4, -0.2) is 27.1 Å². The first kappa shape index (κ1) is 11.0. The monoisotopic (exact) mass is 258 g/mol. The summed E-state index contributed by atoms with van der Waals surface area (Å²) < 4.78 is 0. The molecule has 6 heteroatoms. The number of nitrogens with zero attached hydrogens (tertiary/aromatic N) is 2. The number of benzene rings is 1. The Balaban J connectivity index is 2.41. The fraction of sp³-hybridized carbons (Fsp3) is 0.0833. The maximum atomic E-state index is 11.3. The topological polar surface area (TPSA) is 84.7 Å². The van der Waals surface area contributed by atoms with Gasteiger partial charge in [-0.05, 0) is 6.26 Å². The van der Waals surface area contributed by atoms with E-state index in [0.717, 1.165) is 27.0 Å². The highest BCUT2D eigenvalue weighted by Gasteiger charge is 2.12. The summed E-state index contributed by atoms with van der Waals surface area (Å²) in [5.41, 5.74) is 7.39. The number of rotatable bonds is 2. The van der Waals surface area contributed by atoms with E-state index < -0.39 is 5.91 Å². The lowest BCUT2D eigenvalue weighted by molar-refractivity contribution is 0.100. The molecule has 2 heterocycles. The van der Waals surface area contributed by atoms with Crippen molar-refractivity contribution in [1.29, 1.82) is 0 Å². The smallest absolute Gasteiger partial charge is 0.250 e. The number of nitrogens with one attached hydrogen (secondary N) is 1. The molecule has 0 saturated heterocycles. The average molecular weight is 258 g/mol. The lowest BCUT2D eigenvalue weighted by atomic mass is 10.1. The predicted molar refractivity (Wildman–Crippen MR) is 71.7 cm³/mol. The second-order valence-corrected chi connectivity index (χ2v) is 4.65. The van der Waals surface area contributed by atoms with E-state index in [2.05, 4.69) is 15.0 Å². The molecule has 0 spiro atoms. The predicted octanol–water partition coefficient (Wildman–Crippen LogP) is 1.93. The van der Waals surface area contributed by atoms with Crippen LogP contribution < -0.4 is 5.73 Å². The Hall–Kier alpha value is -2.08. The summed E-state index contributed by atoms with van der Waals surface area (Å²) in [5, 5.41) is 2.53. The standard InChI is InChI=1S/C12H10N4OS/c1-18-12-15-4-6-2-3-7-8(11(13)17)5-14-10(7)9(6)16-12/h2-5H,1H3,(H2,13,17)(H,15,16). The summed E-state index contributed by atoms with van der Waals surface area (Å²) in [5.74, 6) is -0.462. The van der Waals surface area contributed by atoms with E-state index in [1.54, 1.807) is 6.20 Å². The fourth-order valence-electron chi connectivity index (χ4n) is 1.96. The SMILES string of the molecule is CSc1ncc2ccc3c(C(N)=O)cnc3c2[nH]1. The number of thioether (sulfide) groups is 1. The molecule has 0 bridgehead atoms. The second-order valence-electron chi connectivity index (χ2n) is 3.85. The molecule has 0 unspecified atom stereocenters. The molecule has 2 aromatic heterocycles. The van der Waals surface area contributed by atoms with Crippen molar-refractivity contribution in [1.82, 2.24) is 15.0 Å². The third-order valence-corrected chi connectivity index (χ3v) is 3.43. The number of hydrogen-bond donors (Lipinski definition) is 2. The molecule has 0 radical (unpaired) electrons. The molecule has 1 amide bonds. The van der Waals surface area contributed by atoms with Crippen molar-refractivity contribution in [2.24, 2.45) is 5.73 Å². The van der Waals surface area contributed by atoms with Crippen LogP contribution in [0.1, 0.15) is 10.4 Å². The first-order chi connectivity index (χ1) is 8.70. The number of amides is 1. The number of primary amides is 1. The van der Waals surface area contributed by atoms with Crippen LogP contribution in [0.3, 0.4) is 0 Å². The number of nitrogens with two attached hydrogens (primary N) is 1. The van der Waals surface area contributed by atoms with Gasteiger partial charge in [-0.15, -0.1) is 0 Å². The van der Waals surface area contributed by atoms with Gasteiger partial charge in [-0.1, -0.05) is 23.9 Å². The molecule has 90 valence electrons. The maximum Gasteiger partial charge on any atom is 0.250 e. The zero-order valence-corrected chi connectivity index (χ0v) is 10.4. The highest BCUT2D eigenvalue weighted by Crippen LogP contribution is 2.26. The number of hydrogen-bond acceptors (Lipinski definition) is 4. The molecular formula is C12H10N4OS. The van der Waals surface area contributed by atoms with Crippen LogP contribution in [0.15, 0.2) is 29.7 Å². The van der Waals surface area contributed by atoms with Crippen molar-refractivity contribution >= 4 is 39.5 Å². The number of aromatic nitrogens is 3. The van der Waals surface area contributed by atoms with E-state index in [0.29, 0.717) is 5.56 Å². The Labute approximate surface area is 107 Å². The maximum absolute atomic E-state index is 11.3. The van der Waals surface area contributed by atoms with Crippen molar-refractivity contribution < 1.29 is 4.79 Å². The van der Waals surface area contributed by atoms with Gasteiger partial charge in [0.15, 0.2) is 5.16 Å². The number of carbonyl (C=O) groups excluding carboxylic acids is 1. The zero-order chi connectivity index (χ0) is 12.7. The van der Waals surface area contributed by atoms with Crippen LogP contribution in [0.5, 0.6) is 0 Å². The second kappa shape index (κ2) is 3.99. The minimum Gasteiger partial charge on any atom is -0.366 e. The van der Waals surface area contributed by atoms with Crippen LogP contribution in [0.4, 0.5) is 0 Å². The van der Waals surface area contributed by atoms with Gasteiger partial charge in [0.1, 0.15) is 0 Å². The van der Waals surface area contributed by atoms with Gasteiger partial charge >= 0.3 is 0 Å². The number of aromatic amines is 1. The van der Waals surface area contributed by atoms with Crippen molar-refractivity contribution in [3.05, 3.63) is 30.1 Å². The summed E-state index contributed by atoms with van der Waals surface area (Å²) in [6.07, 6.45) is 5.24. The van der Waals surface area contributed by atoms with Gasteiger partial charge in [0.2, 0.25) is 0 Å². The third-order valence-electron chi connectivity index (χ3n) is 2.83. The van der Waals surface area contributed by atoms with E-state index in [1.165, 1.54) is 18.0 Å². The first-order valence-corrected chi connectivity index (χ1v) is 6.53. The summed E-state index contributed by atoms with van der Waals surface area (Å²) in [6, 6.07) is 3.75. The lowest BCUT2D eigenvalue weighted by Gasteiger charge is -2.02. The molecule has 3 aromatic rings. The lowest BCUT2D eigenvalue weighted by Crippen LogP contribution is -2.09. The number of carbonyl (C=O) groups is 1. The summed E-state index contributed by atoms with van der Waals surface area (Å²) >= 11 is 1.52. The van der Waals surface area contributed by atoms with Crippen LogP contribution >= 0.6 is 11.8 Å². The Bertz CT molecular complexity index is 765. The van der Waals surface area contributed by atoms with Gasteiger partial charge in [-0.2, -0.15) is 0 Å². The molecule has 0 atom stereocenters. The number of fused-ring (bicyclic) bond motifs is 3. The molecule has 0 aliphatic heterocycles. The highest BCUT2D eigenvalue weighted by molar-refractivity contribution is 7.98. The molecule has 0 aliphatic rings. The molecule has 0 fully saturated rings. The van der Waals surface area contributed by atoms with E-state index in [1.807, 2.05) is 18.4 Å². The van der Waals surface area contributed by atoms with Crippen LogP contribution in [0.25, 0.3) is 21.8 Å². The number of H-pyrrole nitrogens is 1. The van der Waals surface area contributed by atoms with Crippen LogP contribution in [0, 0.1) is 0 Å². The third kappa shape index (κ3) is 1.53. The molecule has 3 N–H and O–H groups in total. The Morgan fingerprint density at radius 1 is 1.33 bits per heavy atom. The minimum absolute atomic E-state index is 0.447. The summed E-state index contributed by atoms with van der Waals surface area (Å²) in [4.78, 5) is 23.0. The van der Waals surface area contributed by atoms with Gasteiger partial charge in [-0.25, -0.2) is 4.98 Å². The molecule has 0 aliphatic carbocycles. The van der Waals surface area contributed by atoms with Gasteiger partial charge in [0.25, 0.3) is 5.91 Å². The minimum atomic E-state index is -0.462. The van der Waals surface area contributed by atoms with E-state index >= 15 is 0 Å². The van der Waals surface area contributed by atoms with Crippen molar-refractivity contribution in [2.45, 2.75) is 5.16 Å². The zero-order valence-electron chi connectivity index (χ0n) is 9.60. The van der Waals surface area contributed by atoms with Gasteiger partial charge in [0.05, 0.1) is 16.6 Å². The van der Waals surface area contributed by atoms with E-state index in [4.69, 9.17) is 5.73 Å². The van der Waals surface area contributed by atoms with Gasteiger partial charge in [0, 0.05) is 23.2 Å². The van der Waals surface area contributed by atoms with Gasteiger partial charge in [-0.3, -0.25) is 9.78 Å². The Morgan fingerprint density at radius 2 is 2.17 bits per heavy atom. The molecule has 18 heavy (non-hydrogen) atoms. The highest BCUT2D eigenvalue weighted by atomic mass is 32.2. The Kier molecular flexibility index (Phi) is 2.45. The first-order valence-electron chi connectivity index (χ1n) is 5.31. The summed E-state index contributed by atoms with van der Waals surface area (Å²) in [7, 11) is 0. The molecule has 1 aromatic carbocycles. The summed E-state index contributed by atoms with van der Waals surface area (Å²) in [6.45, 7) is 0. The van der Waals surface area contributed by atoms with Crippen molar-refractivity contribution in [2.75, 3.05) is 6.26 Å². The molecule has 3 rings (SSSR count). The van der Waals surface area contributed by atoms with Crippen LogP contribution in [-0.2, 0) is 0 Å². The van der Waals surface area contributed by atoms with Crippen molar-refractivity contribution in [3.63, 3.8) is 0 Å². The van der Waals surface area contributed by atoms with Gasteiger partial charge < -0.3 is 10.7 Å². The average Bonchev–Trinajstić information content (AvgIpc) is 2.82. The molecule has 5 nitrogen and oxygen atoms in total. The van der Waals surface area contributed by atoms with E-state index in [9.17, 15) is 4.79 Å². The largest absolute Gasteiger partial charge is 0.366 e. The molecular weight excluding hydrogens is 248 g/mol. The fourth-order valence-corrected chi connectivity index (χ4v) is 2.33. The quantitative estimate of drug-likeness (QED) is 0.543. The Morgan fingerprint density at radius 3 is 2.89 bits per heavy atom.